The number of ether oxygens (including phenoxy) is 1. The highest BCUT2D eigenvalue weighted by atomic mass is 19.3. The standard InChI is InChI=1S/C9H7F3N2O/c1-15-6-4-5(2-3-13)14-9(12)7(6)8(10)11/h4,8H,2H2,1H3. The third kappa shape index (κ3) is 2.37. The molecule has 0 fully saturated rings. The molecule has 0 aromatic carbocycles. The molecule has 6 heteroatoms. The highest BCUT2D eigenvalue weighted by Crippen LogP contribution is 2.31. The van der Waals surface area contributed by atoms with Gasteiger partial charge in [-0.2, -0.15) is 9.65 Å². The van der Waals surface area contributed by atoms with E-state index in [2.05, 4.69) is 9.72 Å². The van der Waals surface area contributed by atoms with Crippen LogP contribution in [0.15, 0.2) is 6.07 Å². The minimum Gasteiger partial charge on any atom is -0.496 e. The van der Waals surface area contributed by atoms with E-state index in [0.29, 0.717) is 0 Å². The van der Waals surface area contributed by atoms with Crippen LogP contribution in [-0.4, -0.2) is 12.1 Å². The van der Waals surface area contributed by atoms with Gasteiger partial charge in [0, 0.05) is 6.07 Å². The van der Waals surface area contributed by atoms with E-state index in [9.17, 15) is 13.2 Å². The molecule has 0 saturated carbocycles. The van der Waals surface area contributed by atoms with Crippen LogP contribution < -0.4 is 4.74 Å². The number of halogens is 3. The second kappa shape index (κ2) is 4.64. The van der Waals surface area contributed by atoms with E-state index in [4.69, 9.17) is 5.26 Å². The first kappa shape index (κ1) is 11.3. The summed E-state index contributed by atoms with van der Waals surface area (Å²) in [5, 5.41) is 8.35. The van der Waals surface area contributed by atoms with Gasteiger partial charge in [-0.1, -0.05) is 0 Å². The predicted octanol–water partition coefficient (Wildman–Crippen LogP) is 2.23. The Bertz CT molecular complexity index is 401. The average molecular weight is 216 g/mol. The van der Waals surface area contributed by atoms with Crippen molar-refractivity contribution < 1.29 is 17.9 Å². The third-order valence-electron chi connectivity index (χ3n) is 1.73. The Morgan fingerprint density at radius 1 is 1.60 bits per heavy atom. The number of nitrogens with zero attached hydrogens (tertiary/aromatic N) is 2. The minimum absolute atomic E-state index is 0.0660. The summed E-state index contributed by atoms with van der Waals surface area (Å²) >= 11 is 0. The smallest absolute Gasteiger partial charge is 0.271 e. The van der Waals surface area contributed by atoms with Crippen molar-refractivity contribution in [2.45, 2.75) is 12.8 Å². The van der Waals surface area contributed by atoms with E-state index in [1.54, 1.807) is 6.07 Å². The molecule has 0 aliphatic heterocycles. The van der Waals surface area contributed by atoms with Gasteiger partial charge in [-0.15, -0.1) is 0 Å². The molecule has 1 heterocycles. The van der Waals surface area contributed by atoms with Gasteiger partial charge in [0.05, 0.1) is 25.3 Å². The second-order valence-corrected chi connectivity index (χ2v) is 2.66. The summed E-state index contributed by atoms with van der Waals surface area (Å²) in [7, 11) is 1.15. The van der Waals surface area contributed by atoms with Crippen molar-refractivity contribution in [3.63, 3.8) is 0 Å². The van der Waals surface area contributed by atoms with E-state index in [-0.39, 0.29) is 17.9 Å². The highest BCUT2D eigenvalue weighted by molar-refractivity contribution is 5.35. The number of methoxy groups -OCH3 is 1. The molecule has 0 amide bonds. The van der Waals surface area contributed by atoms with Gasteiger partial charge in [0.15, 0.2) is 0 Å². The Kier molecular flexibility index (Phi) is 3.50. The zero-order chi connectivity index (χ0) is 11.4. The van der Waals surface area contributed by atoms with Gasteiger partial charge in [0.2, 0.25) is 5.95 Å². The molecule has 0 bridgehead atoms. The predicted molar refractivity (Wildman–Crippen MR) is 45.0 cm³/mol. The van der Waals surface area contributed by atoms with Gasteiger partial charge < -0.3 is 4.74 Å². The lowest BCUT2D eigenvalue weighted by molar-refractivity contribution is 0.140. The van der Waals surface area contributed by atoms with Crippen molar-refractivity contribution in [1.29, 1.82) is 5.26 Å². The molecule has 0 N–H and O–H groups in total. The molecule has 1 aromatic heterocycles. The molecule has 1 aromatic rings. The van der Waals surface area contributed by atoms with Crippen LogP contribution >= 0.6 is 0 Å². The summed E-state index contributed by atoms with van der Waals surface area (Å²) in [5.74, 6) is -1.59. The SMILES string of the molecule is COc1cc(CC#N)nc(F)c1C(F)F. The summed E-state index contributed by atoms with van der Waals surface area (Å²) in [6.45, 7) is 0. The topological polar surface area (TPSA) is 45.9 Å². The fourth-order valence-corrected chi connectivity index (χ4v) is 1.09. The first-order valence-corrected chi connectivity index (χ1v) is 3.98. The highest BCUT2D eigenvalue weighted by Gasteiger charge is 2.21. The van der Waals surface area contributed by atoms with Gasteiger partial charge in [-0.3, -0.25) is 0 Å². The van der Waals surface area contributed by atoms with Crippen LogP contribution in [0.1, 0.15) is 17.7 Å². The molecule has 15 heavy (non-hydrogen) atoms. The van der Waals surface area contributed by atoms with Gasteiger partial charge in [-0.05, 0) is 0 Å². The number of pyridine rings is 1. The fourth-order valence-electron chi connectivity index (χ4n) is 1.09. The molecule has 0 saturated heterocycles. The van der Waals surface area contributed by atoms with Gasteiger partial charge >= 0.3 is 0 Å². The fraction of sp³-hybridized carbons (Fsp3) is 0.333. The Balaban J connectivity index is 3.25. The maximum absolute atomic E-state index is 13.1. The van der Waals surface area contributed by atoms with Crippen molar-refractivity contribution in [3.8, 4) is 11.8 Å². The molecule has 0 atom stereocenters. The lowest BCUT2D eigenvalue weighted by Crippen LogP contribution is -2.02. The van der Waals surface area contributed by atoms with Crippen LogP contribution in [0.25, 0.3) is 0 Å². The van der Waals surface area contributed by atoms with E-state index < -0.39 is 17.9 Å². The monoisotopic (exact) mass is 216 g/mol. The zero-order valence-corrected chi connectivity index (χ0v) is 7.80. The van der Waals surface area contributed by atoms with Crippen LogP contribution in [0.2, 0.25) is 0 Å². The quantitative estimate of drug-likeness (QED) is 0.728. The summed E-state index contributed by atoms with van der Waals surface area (Å²) in [6.07, 6.45) is -3.15. The molecule has 0 unspecified atom stereocenters. The molecular formula is C9H7F3N2O. The molecule has 1 rings (SSSR count). The number of rotatable bonds is 3. The molecule has 0 spiro atoms. The van der Waals surface area contributed by atoms with Crippen molar-refractivity contribution in [2.24, 2.45) is 0 Å². The van der Waals surface area contributed by atoms with Crippen molar-refractivity contribution in [1.82, 2.24) is 4.98 Å². The lowest BCUT2D eigenvalue weighted by Gasteiger charge is -2.09. The summed E-state index contributed by atoms with van der Waals surface area (Å²) in [4.78, 5) is 3.24. The normalized spacial score (nSPS) is 10.1. The van der Waals surface area contributed by atoms with Gasteiger partial charge in [0.25, 0.3) is 6.43 Å². The van der Waals surface area contributed by atoms with Crippen molar-refractivity contribution in [3.05, 3.63) is 23.3 Å². The van der Waals surface area contributed by atoms with Crippen LogP contribution in [0.3, 0.4) is 0 Å². The maximum Gasteiger partial charge on any atom is 0.271 e. The van der Waals surface area contributed by atoms with Gasteiger partial charge in [0.1, 0.15) is 11.3 Å². The molecule has 80 valence electrons. The third-order valence-corrected chi connectivity index (χ3v) is 1.73. The van der Waals surface area contributed by atoms with Gasteiger partial charge in [-0.25, -0.2) is 13.8 Å². The Labute approximate surface area is 84.1 Å². The Hall–Kier alpha value is -1.77. The molecule has 0 radical (unpaired) electrons. The minimum atomic E-state index is -3.00. The molecular weight excluding hydrogens is 209 g/mol. The van der Waals surface area contributed by atoms with E-state index in [1.165, 1.54) is 0 Å². The Morgan fingerprint density at radius 3 is 2.73 bits per heavy atom. The summed E-state index contributed by atoms with van der Waals surface area (Å²) in [6, 6.07) is 2.87. The van der Waals surface area contributed by atoms with E-state index >= 15 is 0 Å². The number of hydrogen-bond donors (Lipinski definition) is 0. The van der Waals surface area contributed by atoms with E-state index in [1.807, 2.05) is 0 Å². The van der Waals surface area contributed by atoms with Crippen LogP contribution in [-0.2, 0) is 6.42 Å². The number of aromatic nitrogens is 1. The largest absolute Gasteiger partial charge is 0.496 e. The number of alkyl halides is 2. The molecule has 3 nitrogen and oxygen atoms in total. The Morgan fingerprint density at radius 2 is 2.27 bits per heavy atom. The van der Waals surface area contributed by atoms with Crippen LogP contribution in [0, 0.1) is 17.3 Å². The lowest BCUT2D eigenvalue weighted by atomic mass is 10.2. The zero-order valence-electron chi connectivity index (χ0n) is 7.80. The molecule has 0 aliphatic carbocycles. The first-order chi connectivity index (χ1) is 7.10. The average Bonchev–Trinajstić information content (AvgIpc) is 2.16. The van der Waals surface area contributed by atoms with Crippen molar-refractivity contribution >= 4 is 0 Å². The number of nitriles is 1. The molecule has 0 aliphatic rings. The van der Waals surface area contributed by atoms with E-state index in [0.717, 1.165) is 13.2 Å². The van der Waals surface area contributed by atoms with Crippen LogP contribution in [0.5, 0.6) is 5.75 Å². The first-order valence-electron chi connectivity index (χ1n) is 3.98. The van der Waals surface area contributed by atoms with Crippen LogP contribution in [0.4, 0.5) is 13.2 Å². The maximum atomic E-state index is 13.1. The second-order valence-electron chi connectivity index (χ2n) is 2.66. The van der Waals surface area contributed by atoms with Crippen molar-refractivity contribution in [2.75, 3.05) is 7.11 Å². The number of hydrogen-bond acceptors (Lipinski definition) is 3. The summed E-state index contributed by atoms with van der Waals surface area (Å²) < 4.78 is 42.4. The summed E-state index contributed by atoms with van der Waals surface area (Å²) in [5.41, 5.74) is -0.810.